The number of carboxylic acid groups (broad SMARTS) is 1. The van der Waals surface area contributed by atoms with Crippen molar-refractivity contribution in [2.24, 2.45) is 0 Å². The summed E-state index contributed by atoms with van der Waals surface area (Å²) in [5.41, 5.74) is 1.70. The number of aryl methyl sites for hydroxylation is 1. The third-order valence-electron chi connectivity index (χ3n) is 3.33. The number of carbonyl (C=O) groups excluding carboxylic acids is 2. The number of benzene rings is 1. The second-order valence-corrected chi connectivity index (χ2v) is 4.78. The molecule has 0 fully saturated rings. The van der Waals surface area contributed by atoms with E-state index in [1.54, 1.807) is 25.4 Å². The van der Waals surface area contributed by atoms with E-state index in [1.165, 1.54) is 4.90 Å². The Kier molecular flexibility index (Phi) is 7.57. The van der Waals surface area contributed by atoms with Gasteiger partial charge in [-0.2, -0.15) is 0 Å². The van der Waals surface area contributed by atoms with Crippen LogP contribution in [-0.4, -0.2) is 35.5 Å². The summed E-state index contributed by atoms with van der Waals surface area (Å²) in [7, 11) is 1.66. The van der Waals surface area contributed by atoms with Gasteiger partial charge in [0.2, 0.25) is 0 Å². The number of hydrogen-bond acceptors (Lipinski definition) is 4. The molecule has 0 unspecified atom stereocenters. The fourth-order valence-electron chi connectivity index (χ4n) is 1.98. The standard InChI is InChI=1S/C15H18N2O4.K/c1-3-17(2)15(20)21-11-5-6-12-10(4-7-14(18)19)9-16-13(12)8-11;/h5-6,8-9,16H,3-4,7H2,1-2H3,(H,18,19);/q;+1/p-1. The molecule has 1 aromatic carbocycles. The molecule has 1 aromatic heterocycles. The molecule has 0 saturated carbocycles. The second kappa shape index (κ2) is 8.69. The van der Waals surface area contributed by atoms with E-state index in [9.17, 15) is 14.7 Å². The minimum atomic E-state index is -1.07. The first kappa shape index (κ1) is 19.2. The van der Waals surface area contributed by atoms with Crippen molar-refractivity contribution in [3.63, 3.8) is 0 Å². The molecular weight excluding hydrogens is 311 g/mol. The Morgan fingerprint density at radius 2 is 2.09 bits per heavy atom. The van der Waals surface area contributed by atoms with Gasteiger partial charge in [-0.1, -0.05) is 0 Å². The summed E-state index contributed by atoms with van der Waals surface area (Å²) in [5.74, 6) is -0.626. The third kappa shape index (κ3) is 4.82. The SMILES string of the molecule is CCN(C)C(=O)Oc1ccc2c(CCC(=O)[O-])c[nH]c2c1.[K+]. The summed E-state index contributed by atoms with van der Waals surface area (Å²) in [5, 5.41) is 11.4. The van der Waals surface area contributed by atoms with Gasteiger partial charge in [0.1, 0.15) is 5.75 Å². The van der Waals surface area contributed by atoms with Gasteiger partial charge in [-0.05, 0) is 37.5 Å². The van der Waals surface area contributed by atoms with Crippen molar-refractivity contribution in [3.8, 4) is 5.75 Å². The molecule has 1 amide bonds. The predicted molar refractivity (Wildman–Crippen MR) is 76.0 cm³/mol. The van der Waals surface area contributed by atoms with Gasteiger partial charge < -0.3 is 24.5 Å². The average Bonchev–Trinajstić information content (AvgIpc) is 2.86. The zero-order chi connectivity index (χ0) is 15.4. The normalized spacial score (nSPS) is 10.1. The number of fused-ring (bicyclic) bond motifs is 1. The molecule has 0 spiro atoms. The van der Waals surface area contributed by atoms with E-state index >= 15 is 0 Å². The number of aromatic nitrogens is 1. The maximum atomic E-state index is 11.7. The molecule has 0 aliphatic carbocycles. The zero-order valence-electron chi connectivity index (χ0n) is 13.0. The monoisotopic (exact) mass is 328 g/mol. The molecule has 112 valence electrons. The Morgan fingerprint density at radius 1 is 1.36 bits per heavy atom. The molecule has 1 N–H and O–H groups in total. The molecule has 2 rings (SSSR count). The van der Waals surface area contributed by atoms with Crippen LogP contribution in [0.4, 0.5) is 4.79 Å². The number of aliphatic carboxylic acids is 1. The number of aromatic amines is 1. The molecule has 0 bridgehead atoms. The minimum absolute atomic E-state index is 0. The van der Waals surface area contributed by atoms with Crippen LogP contribution in [0.1, 0.15) is 18.9 Å². The number of nitrogens with one attached hydrogen (secondary N) is 1. The molecule has 7 heteroatoms. The number of amides is 1. The van der Waals surface area contributed by atoms with Gasteiger partial charge in [-0.3, -0.25) is 0 Å². The van der Waals surface area contributed by atoms with Crippen molar-refractivity contribution in [3.05, 3.63) is 30.0 Å². The Balaban J connectivity index is 0.00000242. The summed E-state index contributed by atoms with van der Waals surface area (Å²) in [6.45, 7) is 2.43. The number of carbonyl (C=O) groups is 2. The van der Waals surface area contributed by atoms with E-state index in [2.05, 4.69) is 4.98 Å². The second-order valence-electron chi connectivity index (χ2n) is 4.78. The van der Waals surface area contributed by atoms with Crippen molar-refractivity contribution < 1.29 is 70.8 Å². The van der Waals surface area contributed by atoms with E-state index in [4.69, 9.17) is 4.74 Å². The Labute approximate surface area is 171 Å². The van der Waals surface area contributed by atoms with Crippen molar-refractivity contribution in [2.45, 2.75) is 19.8 Å². The molecule has 1 heterocycles. The molecular formula is C15H17KN2O4. The fourth-order valence-corrected chi connectivity index (χ4v) is 1.98. The van der Waals surface area contributed by atoms with Crippen LogP contribution >= 0.6 is 0 Å². The van der Waals surface area contributed by atoms with Crippen molar-refractivity contribution in [1.29, 1.82) is 0 Å². The van der Waals surface area contributed by atoms with Crippen LogP contribution in [0.15, 0.2) is 24.4 Å². The topological polar surface area (TPSA) is 85.5 Å². The van der Waals surface area contributed by atoms with Gasteiger partial charge in [0.25, 0.3) is 0 Å². The number of ether oxygens (including phenoxy) is 1. The molecule has 22 heavy (non-hydrogen) atoms. The predicted octanol–water partition coefficient (Wildman–Crippen LogP) is -1.70. The maximum Gasteiger partial charge on any atom is 1.00 e. The van der Waals surface area contributed by atoms with Crippen molar-refractivity contribution >= 4 is 23.0 Å². The third-order valence-corrected chi connectivity index (χ3v) is 3.33. The van der Waals surface area contributed by atoms with Crippen LogP contribution in [-0.2, 0) is 11.2 Å². The number of H-pyrrole nitrogens is 1. The summed E-state index contributed by atoms with van der Waals surface area (Å²) < 4.78 is 5.25. The first-order valence-corrected chi connectivity index (χ1v) is 6.74. The number of rotatable bonds is 5. The van der Waals surface area contributed by atoms with E-state index in [0.717, 1.165) is 16.5 Å². The van der Waals surface area contributed by atoms with Crippen LogP contribution in [0.2, 0.25) is 0 Å². The number of hydrogen-bond donors (Lipinski definition) is 1. The van der Waals surface area contributed by atoms with Crippen LogP contribution in [0.5, 0.6) is 5.75 Å². The van der Waals surface area contributed by atoms with Crippen LogP contribution in [0.3, 0.4) is 0 Å². The minimum Gasteiger partial charge on any atom is -0.550 e. The number of nitrogens with zero attached hydrogens (tertiary/aromatic N) is 1. The summed E-state index contributed by atoms with van der Waals surface area (Å²) in [4.78, 5) is 26.7. The van der Waals surface area contributed by atoms with Crippen molar-refractivity contribution in [1.82, 2.24) is 9.88 Å². The summed E-state index contributed by atoms with van der Waals surface area (Å²) in [6.07, 6.45) is 1.73. The smallest absolute Gasteiger partial charge is 0.550 e. The molecule has 0 aliphatic heterocycles. The molecule has 0 saturated heterocycles. The van der Waals surface area contributed by atoms with Gasteiger partial charge in [0.15, 0.2) is 0 Å². The zero-order valence-corrected chi connectivity index (χ0v) is 16.1. The van der Waals surface area contributed by atoms with E-state index in [-0.39, 0.29) is 57.8 Å². The van der Waals surface area contributed by atoms with Gasteiger partial charge in [-0.15, -0.1) is 0 Å². The fraction of sp³-hybridized carbons (Fsp3) is 0.333. The quantitative estimate of drug-likeness (QED) is 0.664. The molecule has 2 aromatic rings. The van der Waals surface area contributed by atoms with Crippen molar-refractivity contribution in [2.75, 3.05) is 13.6 Å². The van der Waals surface area contributed by atoms with Crippen LogP contribution < -0.4 is 61.2 Å². The Hall–Kier alpha value is -0.864. The van der Waals surface area contributed by atoms with E-state index in [1.807, 2.05) is 13.0 Å². The van der Waals surface area contributed by atoms with Gasteiger partial charge in [-0.25, -0.2) is 4.79 Å². The van der Waals surface area contributed by atoms with Gasteiger partial charge in [0.05, 0.1) is 0 Å². The van der Waals surface area contributed by atoms with E-state index in [0.29, 0.717) is 18.7 Å². The van der Waals surface area contributed by atoms with Crippen LogP contribution in [0, 0.1) is 0 Å². The van der Waals surface area contributed by atoms with E-state index < -0.39 is 12.1 Å². The van der Waals surface area contributed by atoms with Gasteiger partial charge >= 0.3 is 57.5 Å². The first-order valence-electron chi connectivity index (χ1n) is 6.74. The summed E-state index contributed by atoms with van der Waals surface area (Å²) >= 11 is 0. The molecule has 0 radical (unpaired) electrons. The molecule has 6 nitrogen and oxygen atoms in total. The Morgan fingerprint density at radius 3 is 2.73 bits per heavy atom. The van der Waals surface area contributed by atoms with Crippen LogP contribution in [0.25, 0.3) is 10.9 Å². The average molecular weight is 328 g/mol. The van der Waals surface area contributed by atoms with Gasteiger partial charge in [0, 0.05) is 42.7 Å². The largest absolute Gasteiger partial charge is 1.00 e. The Bertz CT molecular complexity index is 669. The molecule has 0 atom stereocenters. The maximum absolute atomic E-state index is 11.7. The molecule has 0 aliphatic rings. The first-order chi connectivity index (χ1) is 10.0. The number of carboxylic acids is 1. The summed E-state index contributed by atoms with van der Waals surface area (Å²) in [6, 6.07) is 5.23.